The zero-order chi connectivity index (χ0) is 15.7. The number of aliphatic hydroxyl groups is 1. The van der Waals surface area contributed by atoms with Gasteiger partial charge in [-0.15, -0.1) is 0 Å². The Labute approximate surface area is 130 Å². The number of hydrogen-bond acceptors (Lipinski definition) is 3. The second kappa shape index (κ2) is 5.71. The van der Waals surface area contributed by atoms with Crippen LogP contribution in [0.25, 0.3) is 11.1 Å². The monoisotopic (exact) mass is 316 g/mol. The highest BCUT2D eigenvalue weighted by molar-refractivity contribution is 6.30. The van der Waals surface area contributed by atoms with E-state index in [4.69, 9.17) is 11.6 Å². The summed E-state index contributed by atoms with van der Waals surface area (Å²) in [7, 11) is 0. The maximum atomic E-state index is 11.1. The normalized spacial score (nSPS) is 12.3. The van der Waals surface area contributed by atoms with Crippen LogP contribution in [0.2, 0.25) is 5.02 Å². The molecular weight excluding hydrogens is 304 g/mol. The van der Waals surface area contributed by atoms with Gasteiger partial charge in [0.1, 0.15) is 11.8 Å². The maximum Gasteiger partial charge on any atom is 0.326 e. The summed E-state index contributed by atoms with van der Waals surface area (Å²) in [5.41, 5.74) is 2.01. The van der Waals surface area contributed by atoms with Gasteiger partial charge in [0, 0.05) is 5.02 Å². The first-order chi connectivity index (χ1) is 10.5. The lowest BCUT2D eigenvalue weighted by molar-refractivity contribution is 0.210. The van der Waals surface area contributed by atoms with Gasteiger partial charge in [0.15, 0.2) is 0 Å². The third kappa shape index (κ3) is 2.77. The fraction of sp³-hybridized carbons (Fsp3) is 0.0625. The molecular formula is C16H13ClN2O3. The first-order valence-corrected chi connectivity index (χ1v) is 6.97. The molecule has 5 nitrogen and oxygen atoms in total. The van der Waals surface area contributed by atoms with Crippen molar-refractivity contribution < 1.29 is 10.2 Å². The number of aromatic hydroxyl groups is 1. The molecule has 0 bridgehead atoms. The summed E-state index contributed by atoms with van der Waals surface area (Å²) < 4.78 is 0. The van der Waals surface area contributed by atoms with Gasteiger partial charge >= 0.3 is 5.69 Å². The fourth-order valence-corrected chi connectivity index (χ4v) is 2.38. The minimum atomic E-state index is -1.11. The Hall–Kier alpha value is -2.50. The Kier molecular flexibility index (Phi) is 3.75. The molecule has 1 aromatic heterocycles. The average Bonchev–Trinajstić information content (AvgIpc) is 2.86. The van der Waals surface area contributed by atoms with Gasteiger partial charge in [0.25, 0.3) is 0 Å². The molecule has 4 N–H and O–H groups in total. The van der Waals surface area contributed by atoms with Crippen LogP contribution < -0.4 is 5.69 Å². The van der Waals surface area contributed by atoms with Crippen molar-refractivity contribution in [3.05, 3.63) is 75.3 Å². The smallest absolute Gasteiger partial charge is 0.326 e. The van der Waals surface area contributed by atoms with Crippen LogP contribution in [0.15, 0.2) is 53.3 Å². The summed E-state index contributed by atoms with van der Waals surface area (Å²) in [5.74, 6) is -0.362. The standard InChI is InChI=1S/C16H13ClN2O3/c17-12-7-5-10(6-8-12)9-1-3-11(4-2-9)14(20)13-15(21)19-16(22)18-13/h1-8,14,20-21H,(H2,18,19,22). The van der Waals surface area contributed by atoms with Crippen LogP contribution in [0, 0.1) is 0 Å². The Morgan fingerprint density at radius 3 is 1.95 bits per heavy atom. The van der Waals surface area contributed by atoms with Crippen molar-refractivity contribution in [1.29, 1.82) is 0 Å². The molecule has 3 aromatic rings. The van der Waals surface area contributed by atoms with Crippen LogP contribution in [-0.4, -0.2) is 20.2 Å². The quantitative estimate of drug-likeness (QED) is 0.599. The number of hydrogen-bond donors (Lipinski definition) is 4. The summed E-state index contributed by atoms with van der Waals surface area (Å²) in [6.07, 6.45) is -1.11. The molecule has 1 unspecified atom stereocenters. The van der Waals surface area contributed by atoms with Crippen LogP contribution in [0.1, 0.15) is 17.4 Å². The first-order valence-electron chi connectivity index (χ1n) is 6.59. The second-order valence-electron chi connectivity index (χ2n) is 4.87. The Morgan fingerprint density at radius 1 is 0.909 bits per heavy atom. The Morgan fingerprint density at radius 2 is 1.45 bits per heavy atom. The van der Waals surface area contributed by atoms with Crippen molar-refractivity contribution >= 4 is 11.6 Å². The lowest BCUT2D eigenvalue weighted by atomic mass is 10.0. The van der Waals surface area contributed by atoms with E-state index in [1.165, 1.54) is 0 Å². The van der Waals surface area contributed by atoms with Gasteiger partial charge in [-0.1, -0.05) is 48.0 Å². The molecule has 0 saturated carbocycles. The van der Waals surface area contributed by atoms with E-state index in [1.807, 2.05) is 36.4 Å². The number of aromatic nitrogens is 2. The van der Waals surface area contributed by atoms with Crippen molar-refractivity contribution in [2.75, 3.05) is 0 Å². The van der Waals surface area contributed by atoms with Gasteiger partial charge in [0.05, 0.1) is 0 Å². The van der Waals surface area contributed by atoms with Crippen LogP contribution in [0.5, 0.6) is 5.88 Å². The van der Waals surface area contributed by atoms with Crippen molar-refractivity contribution in [2.24, 2.45) is 0 Å². The van der Waals surface area contributed by atoms with Crippen LogP contribution in [0.3, 0.4) is 0 Å². The largest absolute Gasteiger partial charge is 0.493 e. The molecule has 0 saturated heterocycles. The molecule has 0 aliphatic rings. The lowest BCUT2D eigenvalue weighted by Gasteiger charge is -2.10. The Balaban J connectivity index is 1.89. The molecule has 22 heavy (non-hydrogen) atoms. The van der Waals surface area contributed by atoms with E-state index < -0.39 is 11.8 Å². The minimum Gasteiger partial charge on any atom is -0.493 e. The SMILES string of the molecule is O=c1[nH]c(O)c(C(O)c2ccc(-c3ccc(Cl)cc3)cc2)[nH]1. The van der Waals surface area contributed by atoms with Crippen LogP contribution in [-0.2, 0) is 0 Å². The molecule has 1 heterocycles. The molecule has 0 aliphatic heterocycles. The van der Waals surface area contributed by atoms with Crippen LogP contribution >= 0.6 is 11.6 Å². The number of imidazole rings is 1. The van der Waals surface area contributed by atoms with E-state index in [9.17, 15) is 15.0 Å². The van der Waals surface area contributed by atoms with Crippen molar-refractivity contribution in [2.45, 2.75) is 6.10 Å². The molecule has 6 heteroatoms. The molecule has 1 atom stereocenters. The van der Waals surface area contributed by atoms with E-state index in [0.29, 0.717) is 10.6 Å². The van der Waals surface area contributed by atoms with E-state index in [2.05, 4.69) is 9.97 Å². The van der Waals surface area contributed by atoms with Gasteiger partial charge in [-0.2, -0.15) is 0 Å². The topological polar surface area (TPSA) is 89.1 Å². The molecule has 0 fully saturated rings. The number of aromatic amines is 2. The highest BCUT2D eigenvalue weighted by atomic mass is 35.5. The molecule has 2 aromatic carbocycles. The molecule has 0 amide bonds. The zero-order valence-electron chi connectivity index (χ0n) is 11.4. The second-order valence-corrected chi connectivity index (χ2v) is 5.31. The third-order valence-electron chi connectivity index (χ3n) is 3.41. The molecule has 0 aliphatic carbocycles. The molecule has 3 rings (SSSR count). The maximum absolute atomic E-state index is 11.1. The van der Waals surface area contributed by atoms with Crippen molar-refractivity contribution in [1.82, 2.24) is 9.97 Å². The molecule has 112 valence electrons. The van der Waals surface area contributed by atoms with Crippen LogP contribution in [0.4, 0.5) is 0 Å². The van der Waals surface area contributed by atoms with E-state index in [-0.39, 0.29) is 11.6 Å². The number of halogens is 1. The molecule has 0 radical (unpaired) electrons. The number of rotatable bonds is 3. The van der Waals surface area contributed by atoms with Gasteiger partial charge in [-0.3, -0.25) is 4.98 Å². The average molecular weight is 317 g/mol. The third-order valence-corrected chi connectivity index (χ3v) is 3.66. The lowest BCUT2D eigenvalue weighted by Crippen LogP contribution is -2.05. The van der Waals surface area contributed by atoms with Gasteiger partial charge < -0.3 is 15.2 Å². The molecule has 0 spiro atoms. The first kappa shape index (κ1) is 14.4. The number of benzene rings is 2. The van der Waals surface area contributed by atoms with Gasteiger partial charge in [-0.25, -0.2) is 4.79 Å². The van der Waals surface area contributed by atoms with E-state index in [0.717, 1.165) is 11.1 Å². The number of aliphatic hydroxyl groups excluding tert-OH is 1. The van der Waals surface area contributed by atoms with E-state index in [1.54, 1.807) is 12.1 Å². The summed E-state index contributed by atoms with van der Waals surface area (Å²) in [6, 6.07) is 14.6. The van der Waals surface area contributed by atoms with E-state index >= 15 is 0 Å². The van der Waals surface area contributed by atoms with Gasteiger partial charge in [0.2, 0.25) is 5.88 Å². The summed E-state index contributed by atoms with van der Waals surface area (Å²) in [5, 5.41) is 20.4. The fourth-order valence-electron chi connectivity index (χ4n) is 2.25. The number of nitrogens with one attached hydrogen (secondary N) is 2. The summed E-state index contributed by atoms with van der Waals surface area (Å²) >= 11 is 5.86. The Bertz CT molecular complexity index is 835. The highest BCUT2D eigenvalue weighted by Gasteiger charge is 2.17. The van der Waals surface area contributed by atoms with Crippen molar-refractivity contribution in [3.8, 4) is 17.0 Å². The summed E-state index contributed by atoms with van der Waals surface area (Å²) in [4.78, 5) is 15.7. The number of H-pyrrole nitrogens is 2. The predicted molar refractivity (Wildman–Crippen MR) is 84.0 cm³/mol. The highest BCUT2D eigenvalue weighted by Crippen LogP contribution is 2.28. The van der Waals surface area contributed by atoms with Gasteiger partial charge in [-0.05, 0) is 28.8 Å². The summed E-state index contributed by atoms with van der Waals surface area (Å²) in [6.45, 7) is 0. The predicted octanol–water partition coefficient (Wildman–Crippen LogP) is 2.81. The minimum absolute atomic E-state index is 0.0456. The van der Waals surface area contributed by atoms with Crippen molar-refractivity contribution in [3.63, 3.8) is 0 Å². The zero-order valence-corrected chi connectivity index (χ0v) is 12.1.